The molecule has 0 amide bonds. The molecule has 2 unspecified atom stereocenters. The minimum Gasteiger partial charge on any atom is -0.489 e. The Hall–Kier alpha value is -0.500. The number of hydrogen-bond acceptors (Lipinski definition) is 1. The molecule has 1 aliphatic carbocycles. The van der Waals surface area contributed by atoms with Crippen molar-refractivity contribution in [2.75, 3.05) is 0 Å². The van der Waals surface area contributed by atoms with Crippen LogP contribution in [0, 0.1) is 5.92 Å². The monoisotopic (exact) mass is 282 g/mol. The van der Waals surface area contributed by atoms with Crippen LogP contribution in [0.3, 0.4) is 0 Å². The lowest BCUT2D eigenvalue weighted by Gasteiger charge is -2.31. The summed E-state index contributed by atoms with van der Waals surface area (Å²) >= 11 is 3.54. The fourth-order valence-corrected chi connectivity index (χ4v) is 2.88. The Bertz CT molecular complexity index is 337. The average molecular weight is 283 g/mol. The zero-order valence-corrected chi connectivity index (χ0v) is 11.4. The van der Waals surface area contributed by atoms with Crippen molar-refractivity contribution in [3.63, 3.8) is 0 Å². The van der Waals surface area contributed by atoms with E-state index in [0.29, 0.717) is 6.10 Å². The highest BCUT2D eigenvalue weighted by Gasteiger charge is 2.25. The summed E-state index contributed by atoms with van der Waals surface area (Å²) in [7, 11) is 0. The van der Waals surface area contributed by atoms with E-state index in [-0.39, 0.29) is 0 Å². The Morgan fingerprint density at radius 3 is 2.75 bits per heavy atom. The molecule has 0 aliphatic heterocycles. The zero-order valence-electron chi connectivity index (χ0n) is 9.79. The molecule has 16 heavy (non-hydrogen) atoms. The van der Waals surface area contributed by atoms with Crippen molar-refractivity contribution < 1.29 is 4.74 Å². The molecule has 1 aromatic carbocycles. The SMILES string of the molecule is CCC1CCCCC1Oc1ccccc1Br. The Morgan fingerprint density at radius 1 is 1.25 bits per heavy atom. The quantitative estimate of drug-likeness (QED) is 0.774. The highest BCUT2D eigenvalue weighted by atomic mass is 79.9. The molecule has 0 aromatic heterocycles. The molecular formula is C14H19BrO. The lowest BCUT2D eigenvalue weighted by atomic mass is 9.85. The van der Waals surface area contributed by atoms with Gasteiger partial charge in [0.15, 0.2) is 0 Å². The molecule has 2 rings (SSSR count). The van der Waals surface area contributed by atoms with E-state index in [9.17, 15) is 0 Å². The maximum Gasteiger partial charge on any atom is 0.133 e. The fraction of sp³-hybridized carbons (Fsp3) is 0.571. The van der Waals surface area contributed by atoms with E-state index in [4.69, 9.17) is 4.74 Å². The maximum absolute atomic E-state index is 6.14. The van der Waals surface area contributed by atoms with E-state index in [1.165, 1.54) is 32.1 Å². The number of halogens is 1. The third-order valence-electron chi connectivity index (χ3n) is 3.48. The van der Waals surface area contributed by atoms with Crippen LogP contribution in [-0.4, -0.2) is 6.10 Å². The van der Waals surface area contributed by atoms with E-state index in [1.807, 2.05) is 24.3 Å². The predicted molar refractivity (Wildman–Crippen MR) is 70.8 cm³/mol. The van der Waals surface area contributed by atoms with E-state index in [1.54, 1.807) is 0 Å². The van der Waals surface area contributed by atoms with Gasteiger partial charge in [-0.3, -0.25) is 0 Å². The number of para-hydroxylation sites is 1. The summed E-state index contributed by atoms with van der Waals surface area (Å²) in [5.74, 6) is 1.73. The van der Waals surface area contributed by atoms with E-state index in [0.717, 1.165) is 16.1 Å². The molecule has 0 spiro atoms. The Morgan fingerprint density at radius 2 is 2.00 bits per heavy atom. The van der Waals surface area contributed by atoms with Gasteiger partial charge in [-0.05, 0) is 59.7 Å². The van der Waals surface area contributed by atoms with Crippen LogP contribution >= 0.6 is 15.9 Å². The second-order valence-electron chi connectivity index (χ2n) is 4.54. The minimum atomic E-state index is 0.414. The summed E-state index contributed by atoms with van der Waals surface area (Å²) in [5, 5.41) is 0. The van der Waals surface area contributed by atoms with Gasteiger partial charge in [-0.25, -0.2) is 0 Å². The Balaban J connectivity index is 2.05. The average Bonchev–Trinajstić information content (AvgIpc) is 2.33. The van der Waals surface area contributed by atoms with Crippen LogP contribution in [0.1, 0.15) is 39.0 Å². The van der Waals surface area contributed by atoms with Crippen LogP contribution in [0.5, 0.6) is 5.75 Å². The number of ether oxygens (including phenoxy) is 1. The smallest absolute Gasteiger partial charge is 0.133 e. The van der Waals surface area contributed by atoms with Crippen molar-refractivity contribution in [1.82, 2.24) is 0 Å². The minimum absolute atomic E-state index is 0.414. The molecule has 88 valence electrons. The lowest BCUT2D eigenvalue weighted by molar-refractivity contribution is 0.0896. The molecule has 0 saturated heterocycles. The Labute approximate surface area is 106 Å². The van der Waals surface area contributed by atoms with Gasteiger partial charge in [-0.2, -0.15) is 0 Å². The van der Waals surface area contributed by atoms with Gasteiger partial charge in [0.1, 0.15) is 11.9 Å². The third kappa shape index (κ3) is 2.79. The summed E-state index contributed by atoms with van der Waals surface area (Å²) in [6.45, 7) is 2.27. The van der Waals surface area contributed by atoms with Crippen LogP contribution in [-0.2, 0) is 0 Å². The summed E-state index contributed by atoms with van der Waals surface area (Å²) in [6, 6.07) is 8.14. The largest absolute Gasteiger partial charge is 0.489 e. The second-order valence-corrected chi connectivity index (χ2v) is 5.39. The molecule has 1 saturated carbocycles. The van der Waals surface area contributed by atoms with Crippen LogP contribution < -0.4 is 4.74 Å². The molecular weight excluding hydrogens is 264 g/mol. The zero-order chi connectivity index (χ0) is 11.4. The van der Waals surface area contributed by atoms with Gasteiger partial charge < -0.3 is 4.74 Å². The first-order valence-corrected chi connectivity index (χ1v) is 7.01. The third-order valence-corrected chi connectivity index (χ3v) is 4.13. The summed E-state index contributed by atoms with van der Waals surface area (Å²) < 4.78 is 7.21. The van der Waals surface area contributed by atoms with Crippen molar-refractivity contribution >= 4 is 15.9 Å². The fourth-order valence-electron chi connectivity index (χ4n) is 2.50. The molecule has 0 bridgehead atoms. The predicted octanol–water partition coefficient (Wildman–Crippen LogP) is 4.80. The van der Waals surface area contributed by atoms with Crippen LogP contribution in [0.15, 0.2) is 28.7 Å². The van der Waals surface area contributed by atoms with Gasteiger partial charge in [0.2, 0.25) is 0 Å². The maximum atomic E-state index is 6.14. The highest BCUT2D eigenvalue weighted by Crippen LogP contribution is 2.33. The number of hydrogen-bond donors (Lipinski definition) is 0. The first-order valence-electron chi connectivity index (χ1n) is 6.22. The van der Waals surface area contributed by atoms with Gasteiger partial charge >= 0.3 is 0 Å². The molecule has 2 heteroatoms. The van der Waals surface area contributed by atoms with Crippen LogP contribution in [0.4, 0.5) is 0 Å². The molecule has 2 atom stereocenters. The summed E-state index contributed by atoms with van der Waals surface area (Å²) in [6.07, 6.45) is 6.86. The number of rotatable bonds is 3. The Kier molecular flexibility index (Phi) is 4.28. The van der Waals surface area contributed by atoms with Gasteiger partial charge in [-0.1, -0.05) is 25.5 Å². The van der Waals surface area contributed by atoms with Crippen molar-refractivity contribution in [1.29, 1.82) is 0 Å². The molecule has 1 aliphatic rings. The summed E-state index contributed by atoms with van der Waals surface area (Å²) in [4.78, 5) is 0. The van der Waals surface area contributed by atoms with Crippen LogP contribution in [0.2, 0.25) is 0 Å². The number of benzene rings is 1. The van der Waals surface area contributed by atoms with Gasteiger partial charge in [0.25, 0.3) is 0 Å². The topological polar surface area (TPSA) is 9.23 Å². The molecule has 1 aromatic rings. The molecule has 0 N–H and O–H groups in total. The van der Waals surface area contributed by atoms with Crippen molar-refractivity contribution in [3.05, 3.63) is 28.7 Å². The van der Waals surface area contributed by atoms with Crippen LogP contribution in [0.25, 0.3) is 0 Å². The first-order chi connectivity index (χ1) is 7.81. The van der Waals surface area contributed by atoms with Gasteiger partial charge in [-0.15, -0.1) is 0 Å². The van der Waals surface area contributed by atoms with Crippen molar-refractivity contribution in [2.45, 2.75) is 45.1 Å². The summed E-state index contributed by atoms with van der Waals surface area (Å²) in [5.41, 5.74) is 0. The van der Waals surface area contributed by atoms with Crippen molar-refractivity contribution in [2.24, 2.45) is 5.92 Å². The highest BCUT2D eigenvalue weighted by molar-refractivity contribution is 9.10. The molecule has 0 radical (unpaired) electrons. The molecule has 1 fully saturated rings. The molecule has 1 nitrogen and oxygen atoms in total. The molecule has 0 heterocycles. The van der Waals surface area contributed by atoms with E-state index >= 15 is 0 Å². The van der Waals surface area contributed by atoms with Gasteiger partial charge in [0, 0.05) is 0 Å². The van der Waals surface area contributed by atoms with E-state index < -0.39 is 0 Å². The van der Waals surface area contributed by atoms with Gasteiger partial charge in [0.05, 0.1) is 4.47 Å². The standard InChI is InChI=1S/C14H19BrO/c1-2-11-7-3-5-9-13(11)16-14-10-6-4-8-12(14)15/h4,6,8,10-11,13H,2-3,5,7,9H2,1H3. The normalized spacial score (nSPS) is 25.4. The second kappa shape index (κ2) is 5.72. The lowest BCUT2D eigenvalue weighted by Crippen LogP contribution is -2.29. The van der Waals surface area contributed by atoms with Crippen molar-refractivity contribution in [3.8, 4) is 5.75 Å². The first kappa shape index (κ1) is 12.0. The van der Waals surface area contributed by atoms with E-state index in [2.05, 4.69) is 22.9 Å².